The Morgan fingerprint density at radius 2 is 2.28 bits per heavy atom. The summed E-state index contributed by atoms with van der Waals surface area (Å²) in [5.74, 6) is 0.917. The molecule has 0 aliphatic carbocycles. The molecule has 5 heteroatoms. The van der Waals surface area contributed by atoms with Crippen LogP contribution in [0.15, 0.2) is 23.4 Å². The number of carbonyl (C=O) groups excluding carboxylic acids is 1. The van der Waals surface area contributed by atoms with E-state index in [4.69, 9.17) is 10.5 Å². The summed E-state index contributed by atoms with van der Waals surface area (Å²) in [4.78, 5) is 16.1. The van der Waals surface area contributed by atoms with Crippen LogP contribution in [0.2, 0.25) is 0 Å². The molecule has 1 rings (SSSR count). The van der Waals surface area contributed by atoms with Gasteiger partial charge in [0.05, 0.1) is 18.5 Å². The second-order valence-electron chi connectivity index (χ2n) is 3.88. The van der Waals surface area contributed by atoms with E-state index >= 15 is 0 Å². The van der Waals surface area contributed by atoms with Crippen molar-refractivity contribution in [2.45, 2.75) is 37.5 Å². The lowest BCUT2D eigenvalue weighted by atomic mass is 10.2. The minimum atomic E-state index is -0.0940. The number of unbranched alkanes of at least 4 members (excludes halogenated alkanes) is 2. The molecule has 0 saturated carbocycles. The Kier molecular flexibility index (Phi) is 7.25. The maximum absolute atomic E-state index is 11.1. The van der Waals surface area contributed by atoms with Gasteiger partial charge in [0, 0.05) is 17.5 Å². The normalized spacial score (nSPS) is 10.3. The van der Waals surface area contributed by atoms with E-state index in [1.807, 2.05) is 13.0 Å². The molecule has 0 aliphatic heterocycles. The fraction of sp³-hybridized carbons (Fsp3) is 0.538. The highest BCUT2D eigenvalue weighted by atomic mass is 32.2. The van der Waals surface area contributed by atoms with Gasteiger partial charge < -0.3 is 10.5 Å². The van der Waals surface area contributed by atoms with Crippen LogP contribution < -0.4 is 5.73 Å². The molecule has 100 valence electrons. The molecular formula is C13H20N2O2S. The Labute approximate surface area is 112 Å². The fourth-order valence-electron chi connectivity index (χ4n) is 1.49. The zero-order chi connectivity index (χ0) is 13.2. The smallest absolute Gasteiger partial charge is 0.305 e. The molecule has 0 amide bonds. The summed E-state index contributed by atoms with van der Waals surface area (Å²) in [6.45, 7) is 2.30. The van der Waals surface area contributed by atoms with Crippen LogP contribution in [0.25, 0.3) is 0 Å². The number of thioether (sulfide) groups is 1. The van der Waals surface area contributed by atoms with Crippen molar-refractivity contribution >= 4 is 23.4 Å². The van der Waals surface area contributed by atoms with E-state index in [2.05, 4.69) is 4.98 Å². The lowest BCUT2D eigenvalue weighted by Gasteiger charge is -2.04. The minimum Gasteiger partial charge on any atom is -0.466 e. The van der Waals surface area contributed by atoms with Gasteiger partial charge in [-0.15, -0.1) is 11.8 Å². The van der Waals surface area contributed by atoms with E-state index < -0.39 is 0 Å². The number of hydrogen-bond acceptors (Lipinski definition) is 5. The van der Waals surface area contributed by atoms with Crippen molar-refractivity contribution in [2.75, 3.05) is 18.1 Å². The highest BCUT2D eigenvalue weighted by molar-refractivity contribution is 7.99. The standard InChI is InChI=1S/C13H20N2O2S/c1-2-17-13(16)6-4-3-5-9-18-12-7-8-15-10-11(12)14/h7-8,10H,2-6,9,14H2,1H3. The number of nitrogen functional groups attached to an aromatic ring is 1. The predicted octanol–water partition coefficient (Wildman–Crippen LogP) is 2.88. The molecule has 0 unspecified atom stereocenters. The van der Waals surface area contributed by atoms with Crippen LogP contribution in [0.5, 0.6) is 0 Å². The second kappa shape index (κ2) is 8.80. The van der Waals surface area contributed by atoms with Crippen LogP contribution in [-0.4, -0.2) is 23.3 Å². The minimum absolute atomic E-state index is 0.0940. The van der Waals surface area contributed by atoms with Gasteiger partial charge in [-0.3, -0.25) is 9.78 Å². The third-order valence-corrected chi connectivity index (χ3v) is 3.57. The first-order valence-corrected chi connectivity index (χ1v) is 7.20. The molecule has 0 aliphatic rings. The van der Waals surface area contributed by atoms with Gasteiger partial charge in [0.15, 0.2) is 0 Å². The van der Waals surface area contributed by atoms with Gasteiger partial charge in [-0.05, 0) is 31.6 Å². The van der Waals surface area contributed by atoms with Gasteiger partial charge in [0.25, 0.3) is 0 Å². The first-order valence-electron chi connectivity index (χ1n) is 6.22. The summed E-state index contributed by atoms with van der Waals surface area (Å²) in [7, 11) is 0. The Morgan fingerprint density at radius 1 is 1.44 bits per heavy atom. The predicted molar refractivity (Wildman–Crippen MR) is 74.5 cm³/mol. The molecule has 4 nitrogen and oxygen atoms in total. The average Bonchev–Trinajstić information content (AvgIpc) is 2.36. The van der Waals surface area contributed by atoms with Gasteiger partial charge >= 0.3 is 5.97 Å². The number of ether oxygens (including phenoxy) is 1. The lowest BCUT2D eigenvalue weighted by Crippen LogP contribution is -2.03. The Morgan fingerprint density at radius 3 is 3.00 bits per heavy atom. The van der Waals surface area contributed by atoms with Gasteiger partial charge in [-0.2, -0.15) is 0 Å². The number of carbonyl (C=O) groups is 1. The second-order valence-corrected chi connectivity index (χ2v) is 5.01. The van der Waals surface area contributed by atoms with Crippen molar-refractivity contribution in [3.05, 3.63) is 18.5 Å². The van der Waals surface area contributed by atoms with Crippen molar-refractivity contribution in [3.63, 3.8) is 0 Å². The Bertz CT molecular complexity index is 372. The molecule has 0 aromatic carbocycles. The monoisotopic (exact) mass is 268 g/mol. The maximum Gasteiger partial charge on any atom is 0.305 e. The lowest BCUT2D eigenvalue weighted by molar-refractivity contribution is -0.143. The van der Waals surface area contributed by atoms with Crippen LogP contribution in [0.3, 0.4) is 0 Å². The van der Waals surface area contributed by atoms with Crippen molar-refractivity contribution in [2.24, 2.45) is 0 Å². The van der Waals surface area contributed by atoms with Crippen molar-refractivity contribution in [1.82, 2.24) is 4.98 Å². The number of esters is 1. The summed E-state index contributed by atoms with van der Waals surface area (Å²) < 4.78 is 4.87. The van der Waals surface area contributed by atoms with Crippen molar-refractivity contribution in [3.8, 4) is 0 Å². The van der Waals surface area contributed by atoms with Crippen LogP contribution in [0, 0.1) is 0 Å². The van der Waals surface area contributed by atoms with Crippen LogP contribution >= 0.6 is 11.8 Å². The molecule has 0 saturated heterocycles. The van der Waals surface area contributed by atoms with Crippen LogP contribution in [-0.2, 0) is 9.53 Å². The van der Waals surface area contributed by atoms with Crippen molar-refractivity contribution in [1.29, 1.82) is 0 Å². The van der Waals surface area contributed by atoms with Crippen LogP contribution in [0.4, 0.5) is 5.69 Å². The van der Waals surface area contributed by atoms with Gasteiger partial charge in [-0.25, -0.2) is 0 Å². The summed E-state index contributed by atoms with van der Waals surface area (Å²) in [5, 5.41) is 0. The molecule has 2 N–H and O–H groups in total. The molecule has 0 bridgehead atoms. The first-order chi connectivity index (χ1) is 8.74. The number of hydrogen-bond donors (Lipinski definition) is 1. The zero-order valence-corrected chi connectivity index (χ0v) is 11.5. The molecule has 0 spiro atoms. The van der Waals surface area contributed by atoms with Gasteiger partial charge in [0.1, 0.15) is 0 Å². The average molecular weight is 268 g/mol. The molecule has 0 fully saturated rings. The quantitative estimate of drug-likeness (QED) is 0.446. The summed E-state index contributed by atoms with van der Waals surface area (Å²) in [5.41, 5.74) is 6.52. The molecule has 1 aromatic heterocycles. The largest absolute Gasteiger partial charge is 0.466 e. The maximum atomic E-state index is 11.1. The Hall–Kier alpha value is -1.23. The topological polar surface area (TPSA) is 65.2 Å². The Balaban J connectivity index is 2.06. The SMILES string of the molecule is CCOC(=O)CCCCCSc1ccncc1N. The fourth-order valence-corrected chi connectivity index (χ4v) is 2.43. The number of pyridine rings is 1. The highest BCUT2D eigenvalue weighted by Gasteiger charge is 2.02. The van der Waals surface area contributed by atoms with E-state index in [1.165, 1.54) is 0 Å². The molecule has 1 heterocycles. The summed E-state index contributed by atoms with van der Waals surface area (Å²) in [6.07, 6.45) is 6.95. The van der Waals surface area contributed by atoms with E-state index in [9.17, 15) is 4.79 Å². The highest BCUT2D eigenvalue weighted by Crippen LogP contribution is 2.24. The zero-order valence-electron chi connectivity index (χ0n) is 10.7. The third kappa shape index (κ3) is 5.91. The van der Waals surface area contributed by atoms with Gasteiger partial charge in [-0.1, -0.05) is 6.42 Å². The number of anilines is 1. The van der Waals surface area contributed by atoms with Crippen LogP contribution in [0.1, 0.15) is 32.6 Å². The van der Waals surface area contributed by atoms with E-state index in [0.29, 0.717) is 13.0 Å². The molecule has 18 heavy (non-hydrogen) atoms. The number of nitrogens with two attached hydrogens (primary N) is 1. The number of nitrogens with zero attached hydrogens (tertiary/aromatic N) is 1. The summed E-state index contributed by atoms with van der Waals surface area (Å²) in [6, 6.07) is 1.93. The molecular weight excluding hydrogens is 248 g/mol. The molecule has 1 aromatic rings. The van der Waals surface area contributed by atoms with Crippen molar-refractivity contribution < 1.29 is 9.53 Å². The number of rotatable bonds is 8. The molecule has 0 radical (unpaired) electrons. The third-order valence-electron chi connectivity index (χ3n) is 2.40. The number of aromatic nitrogens is 1. The van der Waals surface area contributed by atoms with E-state index in [-0.39, 0.29) is 5.97 Å². The van der Waals surface area contributed by atoms with E-state index in [1.54, 1.807) is 24.2 Å². The van der Waals surface area contributed by atoms with Gasteiger partial charge in [0.2, 0.25) is 0 Å². The first kappa shape index (κ1) is 14.8. The molecule has 0 atom stereocenters. The summed E-state index contributed by atoms with van der Waals surface area (Å²) >= 11 is 1.73. The van der Waals surface area contributed by atoms with E-state index in [0.717, 1.165) is 35.6 Å².